The van der Waals surface area contributed by atoms with E-state index >= 15 is 0 Å². The molecule has 2 heteroatoms. The van der Waals surface area contributed by atoms with Crippen LogP contribution in [0.25, 0.3) is 0 Å². The molecule has 0 aromatic rings. The minimum absolute atomic E-state index is 0.0196. The first-order valence-electron chi connectivity index (χ1n) is 4.05. The van der Waals surface area contributed by atoms with Gasteiger partial charge in [-0.05, 0) is 24.7 Å². The maximum Gasteiger partial charge on any atom is 0.0693 e. The number of hydrogen-bond acceptors (Lipinski definition) is 2. The topological polar surface area (TPSA) is 46.2 Å². The van der Waals surface area contributed by atoms with E-state index in [1.54, 1.807) is 0 Å². The summed E-state index contributed by atoms with van der Waals surface area (Å²) in [6, 6.07) is 0.0196. The highest BCUT2D eigenvalue weighted by Crippen LogP contribution is 2.28. The maximum atomic E-state index is 9.34. The first kappa shape index (κ1) is 8.02. The monoisotopic (exact) mass is 143 g/mol. The lowest BCUT2D eigenvalue weighted by Gasteiger charge is -2.33. The zero-order chi connectivity index (χ0) is 7.72. The Labute approximate surface area is 62.4 Å². The Bertz CT molecular complexity index is 89.8. The molecule has 60 valence electrons. The summed E-state index contributed by atoms with van der Waals surface area (Å²) in [5.74, 6) is 1.31. The zero-order valence-electron chi connectivity index (χ0n) is 6.75. The van der Waals surface area contributed by atoms with Crippen molar-refractivity contribution in [2.45, 2.75) is 38.8 Å². The first-order chi connectivity index (χ1) is 4.61. The molecule has 1 aliphatic carbocycles. The Morgan fingerprint density at radius 2 is 1.70 bits per heavy atom. The van der Waals surface area contributed by atoms with Crippen molar-refractivity contribution >= 4 is 0 Å². The fourth-order valence-corrected chi connectivity index (χ4v) is 1.61. The van der Waals surface area contributed by atoms with E-state index in [9.17, 15) is 5.11 Å². The predicted octanol–water partition coefficient (Wildman–Crippen LogP) is 0.741. The average Bonchev–Trinajstić information content (AvgIpc) is 1.84. The predicted molar refractivity (Wildman–Crippen MR) is 41.5 cm³/mol. The van der Waals surface area contributed by atoms with Crippen LogP contribution in [0.3, 0.4) is 0 Å². The third-order valence-corrected chi connectivity index (χ3v) is 2.72. The van der Waals surface area contributed by atoms with Gasteiger partial charge >= 0.3 is 0 Å². The molecule has 0 saturated heterocycles. The largest absolute Gasteiger partial charge is 0.392 e. The van der Waals surface area contributed by atoms with E-state index in [-0.39, 0.29) is 12.1 Å². The van der Waals surface area contributed by atoms with E-state index < -0.39 is 0 Å². The van der Waals surface area contributed by atoms with Crippen LogP contribution in [0, 0.1) is 11.8 Å². The van der Waals surface area contributed by atoms with Crippen LogP contribution in [0.4, 0.5) is 0 Å². The molecule has 3 N–H and O–H groups in total. The molecule has 0 heterocycles. The fraction of sp³-hybridized carbons (Fsp3) is 1.00. The molecule has 0 radical (unpaired) electrons. The fourth-order valence-electron chi connectivity index (χ4n) is 1.61. The maximum absolute atomic E-state index is 9.34. The molecule has 0 spiro atoms. The van der Waals surface area contributed by atoms with Crippen molar-refractivity contribution in [3.8, 4) is 0 Å². The van der Waals surface area contributed by atoms with Crippen molar-refractivity contribution < 1.29 is 5.11 Å². The Morgan fingerprint density at radius 3 is 2.20 bits per heavy atom. The molecule has 0 amide bonds. The molecule has 1 fully saturated rings. The smallest absolute Gasteiger partial charge is 0.0693 e. The summed E-state index contributed by atoms with van der Waals surface area (Å²) in [6.07, 6.45) is 1.59. The van der Waals surface area contributed by atoms with Crippen molar-refractivity contribution in [2.24, 2.45) is 17.6 Å². The highest BCUT2D eigenvalue weighted by atomic mass is 16.3. The van der Waals surface area contributed by atoms with Gasteiger partial charge < -0.3 is 10.8 Å². The van der Waals surface area contributed by atoms with Gasteiger partial charge in [0, 0.05) is 6.04 Å². The summed E-state index contributed by atoms with van der Waals surface area (Å²) < 4.78 is 0. The van der Waals surface area contributed by atoms with Gasteiger partial charge in [0.15, 0.2) is 0 Å². The molecule has 0 unspecified atom stereocenters. The van der Waals surface area contributed by atoms with Crippen molar-refractivity contribution in [1.82, 2.24) is 0 Å². The minimum atomic E-state index is -0.258. The average molecular weight is 143 g/mol. The molecular formula is C8H17NO. The minimum Gasteiger partial charge on any atom is -0.392 e. The standard InChI is InChI=1S/C8H17NO/c1-5-3-7(9)8(10)4-6(5)2/h5-8,10H,3-4,9H2,1-2H3/t5-,6-,7+,8+/m0/s1. The van der Waals surface area contributed by atoms with E-state index in [4.69, 9.17) is 5.73 Å². The molecule has 2 nitrogen and oxygen atoms in total. The van der Waals surface area contributed by atoms with Crippen molar-refractivity contribution in [2.75, 3.05) is 0 Å². The number of aliphatic hydroxyl groups excluding tert-OH is 1. The summed E-state index contributed by atoms with van der Waals surface area (Å²) in [5.41, 5.74) is 5.68. The zero-order valence-corrected chi connectivity index (χ0v) is 6.75. The molecule has 0 aliphatic heterocycles. The third-order valence-electron chi connectivity index (χ3n) is 2.72. The molecule has 1 saturated carbocycles. The molecular weight excluding hydrogens is 126 g/mol. The van der Waals surface area contributed by atoms with Gasteiger partial charge in [-0.15, -0.1) is 0 Å². The number of nitrogens with two attached hydrogens (primary N) is 1. The first-order valence-corrected chi connectivity index (χ1v) is 4.05. The number of aliphatic hydroxyl groups is 1. The second kappa shape index (κ2) is 2.89. The SMILES string of the molecule is C[C@H]1C[C@@H](N)[C@H](O)C[C@@H]1C. The molecule has 0 aromatic carbocycles. The van der Waals surface area contributed by atoms with Crippen LogP contribution in [0.1, 0.15) is 26.7 Å². The molecule has 1 rings (SSSR count). The second-order valence-electron chi connectivity index (χ2n) is 3.66. The van der Waals surface area contributed by atoms with Crippen LogP contribution in [0.2, 0.25) is 0 Å². The summed E-state index contributed by atoms with van der Waals surface area (Å²) >= 11 is 0. The Morgan fingerprint density at radius 1 is 1.20 bits per heavy atom. The molecule has 1 aliphatic rings. The summed E-state index contributed by atoms with van der Waals surface area (Å²) in [4.78, 5) is 0. The lowest BCUT2D eigenvalue weighted by atomic mass is 9.78. The van der Waals surface area contributed by atoms with Crippen LogP contribution < -0.4 is 5.73 Å². The summed E-state index contributed by atoms with van der Waals surface area (Å²) in [5, 5.41) is 9.34. The van der Waals surface area contributed by atoms with Gasteiger partial charge in [-0.3, -0.25) is 0 Å². The third kappa shape index (κ3) is 1.50. The van der Waals surface area contributed by atoms with Crippen LogP contribution in [0.15, 0.2) is 0 Å². The van der Waals surface area contributed by atoms with Gasteiger partial charge in [0.25, 0.3) is 0 Å². The van der Waals surface area contributed by atoms with E-state index in [2.05, 4.69) is 13.8 Å². The Balaban J connectivity index is 2.46. The molecule has 4 atom stereocenters. The second-order valence-corrected chi connectivity index (χ2v) is 3.66. The van der Waals surface area contributed by atoms with Gasteiger partial charge in [0.1, 0.15) is 0 Å². The van der Waals surface area contributed by atoms with Gasteiger partial charge in [-0.25, -0.2) is 0 Å². The summed E-state index contributed by atoms with van der Waals surface area (Å²) in [7, 11) is 0. The lowest BCUT2D eigenvalue weighted by molar-refractivity contribution is 0.0607. The van der Waals surface area contributed by atoms with Crippen molar-refractivity contribution in [3.05, 3.63) is 0 Å². The van der Waals surface area contributed by atoms with Crippen LogP contribution in [-0.4, -0.2) is 17.3 Å². The highest BCUT2D eigenvalue weighted by molar-refractivity contribution is 4.83. The van der Waals surface area contributed by atoms with Crippen molar-refractivity contribution in [1.29, 1.82) is 0 Å². The van der Waals surface area contributed by atoms with E-state index in [0.29, 0.717) is 11.8 Å². The normalized spacial score (nSPS) is 49.2. The van der Waals surface area contributed by atoms with Crippen LogP contribution >= 0.6 is 0 Å². The lowest BCUT2D eigenvalue weighted by Crippen LogP contribution is -2.42. The highest BCUT2D eigenvalue weighted by Gasteiger charge is 2.28. The van der Waals surface area contributed by atoms with Gasteiger partial charge in [-0.1, -0.05) is 13.8 Å². The number of rotatable bonds is 0. The van der Waals surface area contributed by atoms with Crippen LogP contribution in [-0.2, 0) is 0 Å². The summed E-state index contributed by atoms with van der Waals surface area (Å²) in [6.45, 7) is 4.39. The van der Waals surface area contributed by atoms with Gasteiger partial charge in [0.2, 0.25) is 0 Å². The Kier molecular flexibility index (Phi) is 2.32. The van der Waals surface area contributed by atoms with Crippen molar-refractivity contribution in [3.63, 3.8) is 0 Å². The molecule has 0 bridgehead atoms. The number of hydrogen-bond donors (Lipinski definition) is 2. The molecule has 0 aromatic heterocycles. The molecule has 10 heavy (non-hydrogen) atoms. The van der Waals surface area contributed by atoms with E-state index in [1.165, 1.54) is 0 Å². The van der Waals surface area contributed by atoms with Gasteiger partial charge in [0.05, 0.1) is 6.10 Å². The van der Waals surface area contributed by atoms with Crippen LogP contribution in [0.5, 0.6) is 0 Å². The van der Waals surface area contributed by atoms with E-state index in [1.807, 2.05) is 0 Å². The van der Waals surface area contributed by atoms with E-state index in [0.717, 1.165) is 12.8 Å². The quantitative estimate of drug-likeness (QED) is 0.525. The Hall–Kier alpha value is -0.0800. The van der Waals surface area contributed by atoms with Gasteiger partial charge in [-0.2, -0.15) is 0 Å².